The van der Waals surface area contributed by atoms with E-state index in [4.69, 9.17) is 0 Å². The number of alkyl halides is 3. The van der Waals surface area contributed by atoms with Gasteiger partial charge in [-0.15, -0.1) is 24.8 Å². The molecule has 0 aromatic heterocycles. The van der Waals surface area contributed by atoms with E-state index < -0.39 is 23.6 Å². The highest BCUT2D eigenvalue weighted by atomic mass is 35.5. The number of halogens is 6. The van der Waals surface area contributed by atoms with E-state index in [0.717, 1.165) is 57.0 Å². The highest BCUT2D eigenvalue weighted by molar-refractivity contribution is 5.85. The van der Waals surface area contributed by atoms with Crippen LogP contribution in [0.2, 0.25) is 0 Å². The maximum absolute atomic E-state index is 14.5. The predicted molar refractivity (Wildman–Crippen MR) is 95.0 cm³/mol. The van der Waals surface area contributed by atoms with Crippen LogP contribution in [-0.2, 0) is 6.18 Å². The van der Waals surface area contributed by atoms with Crippen LogP contribution in [0.3, 0.4) is 0 Å². The third kappa shape index (κ3) is 5.00. The molecule has 1 aromatic rings. The SMILES string of the molecule is Cl.Cl.Fc1cccc(C(F)(F)F)c1[C@@H](C1CCCC1)N1CCNCC1. The summed E-state index contributed by atoms with van der Waals surface area (Å²) in [4.78, 5) is 2.04. The van der Waals surface area contributed by atoms with Gasteiger partial charge in [0.05, 0.1) is 5.56 Å². The lowest BCUT2D eigenvalue weighted by Gasteiger charge is -2.39. The zero-order valence-corrected chi connectivity index (χ0v) is 15.5. The molecular formula is C17H24Cl2F4N2. The van der Waals surface area contributed by atoms with Gasteiger partial charge in [0.15, 0.2) is 0 Å². The molecule has 1 aromatic carbocycles. The van der Waals surface area contributed by atoms with Gasteiger partial charge in [0.2, 0.25) is 0 Å². The number of hydrogen-bond donors (Lipinski definition) is 1. The van der Waals surface area contributed by atoms with Crippen LogP contribution in [-0.4, -0.2) is 31.1 Å². The summed E-state index contributed by atoms with van der Waals surface area (Å²) in [5.41, 5.74) is -0.957. The maximum atomic E-state index is 14.5. The first-order valence-corrected chi connectivity index (χ1v) is 8.29. The van der Waals surface area contributed by atoms with Gasteiger partial charge in [-0.05, 0) is 30.9 Å². The van der Waals surface area contributed by atoms with E-state index >= 15 is 0 Å². The molecular weight excluding hydrogens is 379 g/mol. The molecule has 1 heterocycles. The molecule has 1 aliphatic heterocycles. The summed E-state index contributed by atoms with van der Waals surface area (Å²) < 4.78 is 54.8. The summed E-state index contributed by atoms with van der Waals surface area (Å²) in [5, 5.41) is 3.21. The lowest BCUT2D eigenvalue weighted by atomic mass is 9.86. The van der Waals surface area contributed by atoms with Gasteiger partial charge >= 0.3 is 6.18 Å². The van der Waals surface area contributed by atoms with E-state index in [0.29, 0.717) is 13.1 Å². The van der Waals surface area contributed by atoms with E-state index in [2.05, 4.69) is 5.32 Å². The lowest BCUT2D eigenvalue weighted by molar-refractivity contribution is -0.139. The van der Waals surface area contributed by atoms with Crippen LogP contribution in [0.1, 0.15) is 42.9 Å². The monoisotopic (exact) mass is 402 g/mol. The van der Waals surface area contributed by atoms with Gasteiger partial charge in [-0.1, -0.05) is 18.9 Å². The zero-order valence-electron chi connectivity index (χ0n) is 13.8. The molecule has 0 spiro atoms. The normalized spacial score (nSPS) is 20.6. The molecule has 25 heavy (non-hydrogen) atoms. The molecule has 1 atom stereocenters. The van der Waals surface area contributed by atoms with Crippen LogP contribution in [0, 0.1) is 11.7 Å². The fraction of sp³-hybridized carbons (Fsp3) is 0.647. The largest absolute Gasteiger partial charge is 0.416 e. The molecule has 1 saturated heterocycles. The molecule has 3 rings (SSSR count). The van der Waals surface area contributed by atoms with Crippen LogP contribution in [0.5, 0.6) is 0 Å². The Bertz CT molecular complexity index is 542. The van der Waals surface area contributed by atoms with Crippen molar-refractivity contribution in [1.82, 2.24) is 10.2 Å². The summed E-state index contributed by atoms with van der Waals surface area (Å²) in [6.07, 6.45) is -0.741. The van der Waals surface area contributed by atoms with Gasteiger partial charge in [-0.2, -0.15) is 13.2 Å². The number of piperazine rings is 1. The molecule has 144 valence electrons. The minimum atomic E-state index is -4.53. The molecule has 0 bridgehead atoms. The molecule has 1 aliphatic carbocycles. The summed E-state index contributed by atoms with van der Waals surface area (Å²) in [7, 11) is 0. The fourth-order valence-electron chi connectivity index (χ4n) is 4.03. The van der Waals surface area contributed by atoms with Crippen molar-refractivity contribution in [2.75, 3.05) is 26.2 Å². The molecule has 8 heteroatoms. The quantitative estimate of drug-likeness (QED) is 0.728. The standard InChI is InChI=1S/C17H22F4N2.2ClH/c18-14-7-3-6-13(17(19,20)21)15(14)16(12-4-1-2-5-12)23-10-8-22-9-11-23;;/h3,6-7,12,16,22H,1-2,4-5,8-11H2;2*1H/t16-;;/m1../s1. The van der Waals surface area contributed by atoms with E-state index in [1.54, 1.807) is 0 Å². The van der Waals surface area contributed by atoms with E-state index in [-0.39, 0.29) is 36.3 Å². The smallest absolute Gasteiger partial charge is 0.314 e. The topological polar surface area (TPSA) is 15.3 Å². The van der Waals surface area contributed by atoms with Crippen LogP contribution in [0.4, 0.5) is 17.6 Å². The summed E-state index contributed by atoms with van der Waals surface area (Å²) in [6.45, 7) is 2.79. The van der Waals surface area contributed by atoms with Crippen molar-refractivity contribution >= 4 is 24.8 Å². The van der Waals surface area contributed by atoms with Crippen molar-refractivity contribution < 1.29 is 17.6 Å². The molecule has 1 saturated carbocycles. The molecule has 1 N–H and O–H groups in total. The fourth-order valence-corrected chi connectivity index (χ4v) is 4.03. The third-order valence-corrected chi connectivity index (χ3v) is 5.05. The van der Waals surface area contributed by atoms with Crippen molar-refractivity contribution in [3.8, 4) is 0 Å². The Labute approximate surface area is 158 Å². The second-order valence-electron chi connectivity index (χ2n) is 6.47. The minimum absolute atomic E-state index is 0. The Hall–Kier alpha value is -0.560. The van der Waals surface area contributed by atoms with Crippen LogP contribution >= 0.6 is 24.8 Å². The van der Waals surface area contributed by atoms with Gasteiger partial charge in [-0.25, -0.2) is 4.39 Å². The molecule has 0 amide bonds. The molecule has 2 fully saturated rings. The number of hydrogen-bond acceptors (Lipinski definition) is 2. The first kappa shape index (κ1) is 22.5. The van der Waals surface area contributed by atoms with Crippen molar-refractivity contribution in [1.29, 1.82) is 0 Å². The Balaban J connectivity index is 0.00000156. The molecule has 2 aliphatic rings. The maximum Gasteiger partial charge on any atom is 0.416 e. The van der Waals surface area contributed by atoms with Crippen molar-refractivity contribution in [3.05, 3.63) is 35.1 Å². The first-order valence-electron chi connectivity index (χ1n) is 8.29. The summed E-state index contributed by atoms with van der Waals surface area (Å²) in [5.74, 6) is -0.624. The number of rotatable bonds is 3. The van der Waals surface area contributed by atoms with Gasteiger partial charge in [0.25, 0.3) is 0 Å². The minimum Gasteiger partial charge on any atom is -0.314 e. The van der Waals surface area contributed by atoms with Crippen molar-refractivity contribution in [2.24, 2.45) is 5.92 Å². The van der Waals surface area contributed by atoms with E-state index in [1.165, 1.54) is 0 Å². The Morgan fingerprint density at radius 3 is 2.20 bits per heavy atom. The average Bonchev–Trinajstić information content (AvgIpc) is 3.03. The van der Waals surface area contributed by atoms with Crippen LogP contribution < -0.4 is 5.32 Å². The average molecular weight is 403 g/mol. The van der Waals surface area contributed by atoms with E-state index in [1.807, 2.05) is 4.90 Å². The second kappa shape index (κ2) is 9.40. The van der Waals surface area contributed by atoms with Gasteiger partial charge in [0.1, 0.15) is 5.82 Å². The summed E-state index contributed by atoms with van der Waals surface area (Å²) in [6, 6.07) is 2.86. The van der Waals surface area contributed by atoms with Crippen LogP contribution in [0.25, 0.3) is 0 Å². The first-order chi connectivity index (χ1) is 11.0. The van der Waals surface area contributed by atoms with Gasteiger partial charge < -0.3 is 5.32 Å². The second-order valence-corrected chi connectivity index (χ2v) is 6.47. The highest BCUT2D eigenvalue weighted by Crippen LogP contribution is 2.45. The number of benzene rings is 1. The summed E-state index contributed by atoms with van der Waals surface area (Å²) >= 11 is 0. The Kier molecular flexibility index (Phi) is 8.45. The van der Waals surface area contributed by atoms with E-state index in [9.17, 15) is 17.6 Å². The molecule has 0 unspecified atom stereocenters. The Morgan fingerprint density at radius 1 is 1.04 bits per heavy atom. The van der Waals surface area contributed by atoms with Crippen molar-refractivity contribution in [2.45, 2.75) is 37.9 Å². The van der Waals surface area contributed by atoms with Crippen LogP contribution in [0.15, 0.2) is 18.2 Å². The van der Waals surface area contributed by atoms with Gasteiger partial charge in [-0.3, -0.25) is 4.90 Å². The zero-order chi connectivity index (χ0) is 16.4. The molecule has 2 nitrogen and oxygen atoms in total. The van der Waals surface area contributed by atoms with Gasteiger partial charge in [0, 0.05) is 37.8 Å². The number of nitrogens with one attached hydrogen (secondary N) is 1. The van der Waals surface area contributed by atoms with Crippen molar-refractivity contribution in [3.63, 3.8) is 0 Å². The predicted octanol–water partition coefficient (Wildman–Crippen LogP) is 4.82. The molecule has 0 radical (unpaired) electrons. The number of nitrogens with zero attached hydrogens (tertiary/aromatic N) is 1. The third-order valence-electron chi connectivity index (χ3n) is 5.05. The highest BCUT2D eigenvalue weighted by Gasteiger charge is 2.41. The lowest BCUT2D eigenvalue weighted by Crippen LogP contribution is -2.47. The Morgan fingerprint density at radius 2 is 1.64 bits per heavy atom.